The molecule has 0 heterocycles. The molecule has 0 aliphatic heterocycles. The first kappa shape index (κ1) is 12.6. The monoisotopic (exact) mass is 245 g/mol. The Bertz CT molecular complexity index is 521. The molecule has 0 radical (unpaired) electrons. The molecule has 1 aromatic carbocycles. The quantitative estimate of drug-likeness (QED) is 0.498. The first-order valence-corrected chi connectivity index (χ1v) is 5.93. The second kappa shape index (κ2) is 4.18. The molecule has 0 saturated carbocycles. The van der Waals surface area contributed by atoms with Crippen molar-refractivity contribution in [2.75, 3.05) is 0 Å². The van der Waals surface area contributed by atoms with E-state index in [4.69, 9.17) is 4.55 Å². The van der Waals surface area contributed by atoms with Gasteiger partial charge in [-0.25, -0.2) is 0 Å². The Labute approximate surface area is 92.8 Å². The average molecular weight is 245 g/mol. The van der Waals surface area contributed by atoms with E-state index in [0.717, 1.165) is 12.1 Å². The summed E-state index contributed by atoms with van der Waals surface area (Å²) in [5.41, 5.74) is 0.127. The Morgan fingerprint density at radius 3 is 2.31 bits per heavy atom. The topological polar surface area (TPSA) is 97.5 Å². The molecule has 0 amide bonds. The van der Waals surface area contributed by atoms with Gasteiger partial charge in [0.1, 0.15) is 4.90 Å². The fourth-order valence-corrected chi connectivity index (χ4v) is 1.83. The molecule has 0 bridgehead atoms. The van der Waals surface area contributed by atoms with Crippen molar-refractivity contribution < 1.29 is 17.9 Å². The van der Waals surface area contributed by atoms with Crippen molar-refractivity contribution >= 4 is 15.8 Å². The normalized spacial score (nSPS) is 11.8. The van der Waals surface area contributed by atoms with Crippen LogP contribution in [0.15, 0.2) is 23.1 Å². The third-order valence-electron chi connectivity index (χ3n) is 2.12. The van der Waals surface area contributed by atoms with Crippen LogP contribution in [0.3, 0.4) is 0 Å². The minimum Gasteiger partial charge on any atom is -0.282 e. The van der Waals surface area contributed by atoms with Gasteiger partial charge in [-0.1, -0.05) is 19.9 Å². The highest BCUT2D eigenvalue weighted by Crippen LogP contribution is 2.28. The molecule has 0 unspecified atom stereocenters. The summed E-state index contributed by atoms with van der Waals surface area (Å²) in [6.45, 7) is 3.52. The number of nitro groups is 1. The summed E-state index contributed by atoms with van der Waals surface area (Å²) in [5.74, 6) is -0.101. The van der Waals surface area contributed by atoms with Gasteiger partial charge in [-0.05, 0) is 12.0 Å². The summed E-state index contributed by atoms with van der Waals surface area (Å²) in [6, 6.07) is 3.36. The molecular weight excluding hydrogens is 234 g/mol. The maximum Gasteiger partial charge on any atom is 0.294 e. The van der Waals surface area contributed by atoms with Gasteiger partial charge in [-0.15, -0.1) is 0 Å². The van der Waals surface area contributed by atoms with E-state index in [1.165, 1.54) is 6.07 Å². The van der Waals surface area contributed by atoms with Crippen molar-refractivity contribution in [3.05, 3.63) is 33.9 Å². The molecule has 0 saturated heterocycles. The van der Waals surface area contributed by atoms with Crippen LogP contribution in [0, 0.1) is 10.1 Å². The van der Waals surface area contributed by atoms with Crippen LogP contribution in [-0.2, 0) is 10.1 Å². The molecule has 1 N–H and O–H groups in total. The first-order chi connectivity index (χ1) is 7.23. The van der Waals surface area contributed by atoms with Crippen molar-refractivity contribution in [3.8, 4) is 0 Å². The molecular formula is C9H11NO5S. The molecule has 88 valence electrons. The Morgan fingerprint density at radius 1 is 1.38 bits per heavy atom. The molecule has 0 spiro atoms. The van der Waals surface area contributed by atoms with Crippen LogP contribution in [0.1, 0.15) is 25.3 Å². The highest BCUT2D eigenvalue weighted by molar-refractivity contribution is 7.85. The first-order valence-electron chi connectivity index (χ1n) is 4.49. The number of hydrogen-bond acceptors (Lipinski definition) is 4. The van der Waals surface area contributed by atoms with E-state index >= 15 is 0 Å². The summed E-state index contributed by atoms with van der Waals surface area (Å²) in [5, 5.41) is 10.7. The van der Waals surface area contributed by atoms with Crippen LogP contribution in [0.4, 0.5) is 5.69 Å². The maximum atomic E-state index is 10.8. The Morgan fingerprint density at radius 2 is 1.94 bits per heavy atom. The number of rotatable bonds is 3. The van der Waals surface area contributed by atoms with E-state index in [1.807, 2.05) is 0 Å². The lowest BCUT2D eigenvalue weighted by molar-refractivity contribution is -0.385. The highest BCUT2D eigenvalue weighted by atomic mass is 32.2. The summed E-state index contributed by atoms with van der Waals surface area (Å²) >= 11 is 0. The number of nitrogens with zero attached hydrogens (tertiary/aromatic N) is 1. The summed E-state index contributed by atoms with van der Waals surface area (Å²) in [6.07, 6.45) is 0. The van der Waals surface area contributed by atoms with E-state index in [-0.39, 0.29) is 11.6 Å². The molecule has 0 aromatic heterocycles. The lowest BCUT2D eigenvalue weighted by atomic mass is 10.0. The largest absolute Gasteiger partial charge is 0.294 e. The molecule has 0 atom stereocenters. The standard InChI is InChI=1S/C9H11NO5S/c1-6(2)8-4-3-7(16(13,14)15)5-9(8)10(11)12/h3-6H,1-2H3,(H,13,14,15). The number of benzene rings is 1. The summed E-state index contributed by atoms with van der Waals surface area (Å²) < 4.78 is 30.4. The van der Waals surface area contributed by atoms with Crippen LogP contribution in [0.25, 0.3) is 0 Å². The van der Waals surface area contributed by atoms with Crippen molar-refractivity contribution in [2.45, 2.75) is 24.7 Å². The predicted octanol–water partition coefficient (Wildman–Crippen LogP) is 1.96. The minimum atomic E-state index is -4.41. The van der Waals surface area contributed by atoms with E-state index in [0.29, 0.717) is 5.56 Å². The zero-order chi connectivity index (χ0) is 12.5. The summed E-state index contributed by atoms with van der Waals surface area (Å²) in [7, 11) is -4.41. The van der Waals surface area contributed by atoms with Crippen LogP contribution >= 0.6 is 0 Å². The van der Waals surface area contributed by atoms with Gasteiger partial charge >= 0.3 is 0 Å². The van der Waals surface area contributed by atoms with Gasteiger partial charge < -0.3 is 0 Å². The lowest BCUT2D eigenvalue weighted by Gasteiger charge is -2.07. The maximum absolute atomic E-state index is 10.8. The Hall–Kier alpha value is -1.47. The van der Waals surface area contributed by atoms with Gasteiger partial charge in [0, 0.05) is 11.6 Å². The third-order valence-corrected chi connectivity index (χ3v) is 2.97. The molecule has 16 heavy (non-hydrogen) atoms. The van der Waals surface area contributed by atoms with E-state index < -0.39 is 19.9 Å². The van der Waals surface area contributed by atoms with Crippen LogP contribution < -0.4 is 0 Å². The molecule has 1 aromatic rings. The molecule has 7 heteroatoms. The number of nitro benzene ring substituents is 1. The van der Waals surface area contributed by atoms with Crippen LogP contribution in [-0.4, -0.2) is 17.9 Å². The van der Waals surface area contributed by atoms with E-state index in [1.54, 1.807) is 13.8 Å². The van der Waals surface area contributed by atoms with E-state index in [2.05, 4.69) is 0 Å². The molecule has 0 aliphatic carbocycles. The fourth-order valence-electron chi connectivity index (χ4n) is 1.33. The second-order valence-electron chi connectivity index (χ2n) is 3.61. The van der Waals surface area contributed by atoms with Crippen LogP contribution in [0.2, 0.25) is 0 Å². The van der Waals surface area contributed by atoms with Crippen molar-refractivity contribution in [3.63, 3.8) is 0 Å². The smallest absolute Gasteiger partial charge is 0.282 e. The van der Waals surface area contributed by atoms with Crippen molar-refractivity contribution in [1.82, 2.24) is 0 Å². The average Bonchev–Trinajstić information content (AvgIpc) is 2.15. The van der Waals surface area contributed by atoms with Gasteiger partial charge in [-0.2, -0.15) is 8.42 Å². The van der Waals surface area contributed by atoms with Gasteiger partial charge in [0.25, 0.3) is 15.8 Å². The Balaban J connectivity index is 3.46. The summed E-state index contributed by atoms with van der Waals surface area (Å²) in [4.78, 5) is 9.60. The fraction of sp³-hybridized carbons (Fsp3) is 0.333. The second-order valence-corrected chi connectivity index (χ2v) is 5.03. The lowest BCUT2D eigenvalue weighted by Crippen LogP contribution is -2.02. The number of hydrogen-bond donors (Lipinski definition) is 1. The predicted molar refractivity (Wildman–Crippen MR) is 57.0 cm³/mol. The molecule has 0 aliphatic rings. The minimum absolute atomic E-state index is 0.101. The zero-order valence-electron chi connectivity index (χ0n) is 8.75. The molecule has 0 fully saturated rings. The Kier molecular flexibility index (Phi) is 3.30. The van der Waals surface area contributed by atoms with Crippen LogP contribution in [0.5, 0.6) is 0 Å². The van der Waals surface area contributed by atoms with Gasteiger partial charge in [0.05, 0.1) is 4.92 Å². The van der Waals surface area contributed by atoms with Gasteiger partial charge in [-0.3, -0.25) is 14.7 Å². The van der Waals surface area contributed by atoms with Crippen molar-refractivity contribution in [2.24, 2.45) is 0 Å². The zero-order valence-corrected chi connectivity index (χ0v) is 9.56. The van der Waals surface area contributed by atoms with Gasteiger partial charge in [0.2, 0.25) is 0 Å². The van der Waals surface area contributed by atoms with Crippen molar-refractivity contribution in [1.29, 1.82) is 0 Å². The molecule has 1 rings (SSSR count). The SMILES string of the molecule is CC(C)c1ccc(S(=O)(=O)O)cc1[N+](=O)[O-]. The molecule has 6 nitrogen and oxygen atoms in total. The highest BCUT2D eigenvalue weighted by Gasteiger charge is 2.20. The third kappa shape index (κ3) is 2.56. The van der Waals surface area contributed by atoms with E-state index in [9.17, 15) is 18.5 Å². The van der Waals surface area contributed by atoms with Gasteiger partial charge in [0.15, 0.2) is 0 Å².